The van der Waals surface area contributed by atoms with Crippen molar-refractivity contribution < 1.29 is 4.79 Å². The van der Waals surface area contributed by atoms with Gasteiger partial charge in [0, 0.05) is 13.2 Å². The minimum absolute atomic E-state index is 0.0747. The summed E-state index contributed by atoms with van der Waals surface area (Å²) in [5.74, 6) is 0.0747. The van der Waals surface area contributed by atoms with Crippen molar-refractivity contribution in [2.45, 2.75) is 13.0 Å². The van der Waals surface area contributed by atoms with E-state index in [1.807, 2.05) is 25.1 Å². The number of pyridine rings is 1. The topological polar surface area (TPSA) is 92.4 Å². The van der Waals surface area contributed by atoms with E-state index >= 15 is 0 Å². The summed E-state index contributed by atoms with van der Waals surface area (Å²) in [5, 5.41) is 5.07. The number of nitrogens with one attached hydrogen (secondary N) is 2. The first-order valence-corrected chi connectivity index (χ1v) is 4.84. The molecule has 0 aliphatic carbocycles. The maximum atomic E-state index is 11.4. The van der Waals surface area contributed by atoms with Crippen LogP contribution in [0.3, 0.4) is 0 Å². The zero-order valence-corrected chi connectivity index (χ0v) is 9.27. The third-order valence-electron chi connectivity index (χ3n) is 1.96. The SMILES string of the molecule is CN=C(N)NC(=O)NC(C)c1ccccn1. The molecule has 0 fully saturated rings. The Morgan fingerprint density at radius 1 is 1.56 bits per heavy atom. The van der Waals surface area contributed by atoms with Crippen molar-refractivity contribution in [3.05, 3.63) is 30.1 Å². The third-order valence-corrected chi connectivity index (χ3v) is 1.96. The molecule has 1 unspecified atom stereocenters. The Hall–Kier alpha value is -2.11. The maximum absolute atomic E-state index is 11.4. The predicted octanol–water partition coefficient (Wildman–Crippen LogP) is 0.386. The standard InChI is InChI=1S/C10H15N5O/c1-7(8-5-3-4-6-13-8)14-10(16)15-9(11)12-2/h3-7H,1-2H3,(H4,11,12,14,15,16). The lowest BCUT2D eigenvalue weighted by molar-refractivity contribution is 0.242. The quantitative estimate of drug-likeness (QED) is 0.498. The molecule has 0 aliphatic rings. The molecule has 6 nitrogen and oxygen atoms in total. The van der Waals surface area contributed by atoms with Crippen LogP contribution in [0.5, 0.6) is 0 Å². The summed E-state index contributed by atoms with van der Waals surface area (Å²) in [6.45, 7) is 1.83. The molecule has 0 saturated carbocycles. The largest absolute Gasteiger partial charge is 0.370 e. The Morgan fingerprint density at radius 2 is 2.31 bits per heavy atom. The van der Waals surface area contributed by atoms with Gasteiger partial charge in [0.15, 0.2) is 5.96 Å². The monoisotopic (exact) mass is 221 g/mol. The van der Waals surface area contributed by atoms with Crippen LogP contribution in [-0.2, 0) is 0 Å². The Balaban J connectivity index is 2.52. The molecule has 2 amide bonds. The number of rotatable bonds is 2. The Morgan fingerprint density at radius 3 is 2.88 bits per heavy atom. The lowest BCUT2D eigenvalue weighted by atomic mass is 10.2. The van der Waals surface area contributed by atoms with Gasteiger partial charge in [0.2, 0.25) is 0 Å². The number of hydrogen-bond donors (Lipinski definition) is 3. The minimum Gasteiger partial charge on any atom is -0.370 e. The van der Waals surface area contributed by atoms with Crippen LogP contribution in [0.2, 0.25) is 0 Å². The predicted molar refractivity (Wildman–Crippen MR) is 61.9 cm³/mol. The summed E-state index contributed by atoms with van der Waals surface area (Å²) < 4.78 is 0. The molecule has 0 bridgehead atoms. The summed E-state index contributed by atoms with van der Waals surface area (Å²) >= 11 is 0. The van der Waals surface area contributed by atoms with E-state index in [0.29, 0.717) is 0 Å². The van der Waals surface area contributed by atoms with Crippen LogP contribution in [0.1, 0.15) is 18.7 Å². The van der Waals surface area contributed by atoms with Crippen molar-refractivity contribution in [2.24, 2.45) is 10.7 Å². The van der Waals surface area contributed by atoms with E-state index in [1.54, 1.807) is 6.20 Å². The van der Waals surface area contributed by atoms with Crippen LogP contribution in [0.4, 0.5) is 4.79 Å². The molecule has 16 heavy (non-hydrogen) atoms. The lowest BCUT2D eigenvalue weighted by Crippen LogP contribution is -2.44. The molecule has 1 aromatic rings. The lowest BCUT2D eigenvalue weighted by Gasteiger charge is -2.13. The van der Waals surface area contributed by atoms with Crippen molar-refractivity contribution in [1.29, 1.82) is 0 Å². The molecule has 1 atom stereocenters. The number of hydrogen-bond acceptors (Lipinski definition) is 3. The van der Waals surface area contributed by atoms with Gasteiger partial charge in [0.05, 0.1) is 11.7 Å². The minimum atomic E-state index is -0.402. The average Bonchev–Trinajstić information content (AvgIpc) is 2.29. The molecular weight excluding hydrogens is 206 g/mol. The van der Waals surface area contributed by atoms with Crippen LogP contribution in [0.15, 0.2) is 29.4 Å². The van der Waals surface area contributed by atoms with Crippen molar-refractivity contribution in [1.82, 2.24) is 15.6 Å². The second-order valence-electron chi connectivity index (χ2n) is 3.18. The molecule has 0 saturated heterocycles. The van der Waals surface area contributed by atoms with E-state index in [2.05, 4.69) is 20.6 Å². The number of aromatic nitrogens is 1. The highest BCUT2D eigenvalue weighted by Gasteiger charge is 2.10. The van der Waals surface area contributed by atoms with Crippen molar-refractivity contribution in [3.8, 4) is 0 Å². The molecule has 4 N–H and O–H groups in total. The van der Waals surface area contributed by atoms with Gasteiger partial charge in [-0.05, 0) is 19.1 Å². The first-order valence-electron chi connectivity index (χ1n) is 4.84. The van der Waals surface area contributed by atoms with Gasteiger partial charge >= 0.3 is 6.03 Å². The number of carbonyl (C=O) groups is 1. The molecule has 1 rings (SSSR count). The smallest absolute Gasteiger partial charge is 0.322 e. The van der Waals surface area contributed by atoms with E-state index in [0.717, 1.165) is 5.69 Å². The van der Waals surface area contributed by atoms with Crippen LogP contribution >= 0.6 is 0 Å². The van der Waals surface area contributed by atoms with E-state index in [9.17, 15) is 4.79 Å². The summed E-state index contributed by atoms with van der Waals surface area (Å²) in [4.78, 5) is 19.1. The molecule has 6 heteroatoms. The number of guanidine groups is 1. The van der Waals surface area contributed by atoms with E-state index in [1.165, 1.54) is 7.05 Å². The Labute approximate surface area is 94.0 Å². The summed E-state index contributed by atoms with van der Waals surface area (Å²) in [7, 11) is 1.50. The highest BCUT2D eigenvalue weighted by atomic mass is 16.2. The fraction of sp³-hybridized carbons (Fsp3) is 0.300. The van der Waals surface area contributed by atoms with Crippen LogP contribution in [0, 0.1) is 0 Å². The zero-order chi connectivity index (χ0) is 12.0. The third kappa shape index (κ3) is 3.56. The molecular formula is C10H15N5O. The highest BCUT2D eigenvalue weighted by molar-refractivity contribution is 5.95. The van der Waals surface area contributed by atoms with Gasteiger partial charge in [-0.1, -0.05) is 6.07 Å². The van der Waals surface area contributed by atoms with E-state index in [-0.39, 0.29) is 12.0 Å². The van der Waals surface area contributed by atoms with Gasteiger partial charge < -0.3 is 11.1 Å². The van der Waals surface area contributed by atoms with Crippen molar-refractivity contribution >= 4 is 12.0 Å². The number of aliphatic imine (C=N–C) groups is 1. The van der Waals surface area contributed by atoms with E-state index in [4.69, 9.17) is 5.73 Å². The van der Waals surface area contributed by atoms with Gasteiger partial charge in [0.1, 0.15) is 0 Å². The summed E-state index contributed by atoms with van der Waals surface area (Å²) in [6, 6.07) is 4.92. The van der Waals surface area contributed by atoms with E-state index < -0.39 is 6.03 Å². The molecule has 0 aromatic carbocycles. The number of urea groups is 1. The van der Waals surface area contributed by atoms with Crippen LogP contribution < -0.4 is 16.4 Å². The highest BCUT2D eigenvalue weighted by Crippen LogP contribution is 2.06. The molecule has 1 heterocycles. The van der Waals surface area contributed by atoms with Gasteiger partial charge in [-0.15, -0.1) is 0 Å². The number of nitrogens with zero attached hydrogens (tertiary/aromatic N) is 2. The first kappa shape index (κ1) is 12.0. The van der Waals surface area contributed by atoms with Gasteiger partial charge in [-0.25, -0.2) is 4.79 Å². The van der Waals surface area contributed by atoms with Crippen LogP contribution in [-0.4, -0.2) is 24.0 Å². The second-order valence-corrected chi connectivity index (χ2v) is 3.18. The summed E-state index contributed by atoms with van der Waals surface area (Å²) in [5.41, 5.74) is 6.13. The fourth-order valence-corrected chi connectivity index (χ4v) is 1.11. The van der Waals surface area contributed by atoms with Crippen molar-refractivity contribution in [3.63, 3.8) is 0 Å². The number of carbonyl (C=O) groups excluding carboxylic acids is 1. The first-order chi connectivity index (χ1) is 7.63. The Bertz CT molecular complexity index is 376. The fourth-order valence-electron chi connectivity index (χ4n) is 1.11. The maximum Gasteiger partial charge on any atom is 0.322 e. The molecule has 1 aromatic heterocycles. The van der Waals surface area contributed by atoms with Gasteiger partial charge in [0.25, 0.3) is 0 Å². The average molecular weight is 221 g/mol. The van der Waals surface area contributed by atoms with Gasteiger partial charge in [-0.3, -0.25) is 15.3 Å². The molecule has 0 aliphatic heterocycles. The Kier molecular flexibility index (Phi) is 4.26. The number of nitrogens with two attached hydrogens (primary N) is 1. The molecule has 0 radical (unpaired) electrons. The van der Waals surface area contributed by atoms with Gasteiger partial charge in [-0.2, -0.15) is 0 Å². The second kappa shape index (κ2) is 5.69. The molecule has 0 spiro atoms. The van der Waals surface area contributed by atoms with Crippen LogP contribution in [0.25, 0.3) is 0 Å². The number of amides is 2. The normalized spacial score (nSPS) is 13.0. The molecule has 86 valence electrons. The summed E-state index contributed by atoms with van der Waals surface area (Å²) in [6.07, 6.45) is 1.67. The zero-order valence-electron chi connectivity index (χ0n) is 9.27. The van der Waals surface area contributed by atoms with Crippen molar-refractivity contribution in [2.75, 3.05) is 7.05 Å².